The average Bonchev–Trinajstić information content (AvgIpc) is 2.40. The number of nitro benzene ring substituents is 1. The zero-order valence-electron chi connectivity index (χ0n) is 9.71. The number of non-ortho nitro benzene ring substituents is 1. The van der Waals surface area contributed by atoms with Crippen LogP contribution in [0.5, 0.6) is 11.6 Å². The number of hydrogen-bond donors (Lipinski definition) is 0. The fourth-order valence-corrected chi connectivity index (χ4v) is 1.59. The van der Waals surface area contributed by atoms with Gasteiger partial charge in [-0.1, -0.05) is 11.6 Å². The summed E-state index contributed by atoms with van der Waals surface area (Å²) >= 11 is 5.68. The number of pyridine rings is 1. The summed E-state index contributed by atoms with van der Waals surface area (Å²) in [6.45, 7) is 0. The molecule has 1 aromatic carbocycles. The summed E-state index contributed by atoms with van der Waals surface area (Å²) in [5.41, 5.74) is -0.200. The van der Waals surface area contributed by atoms with E-state index < -0.39 is 16.4 Å². The van der Waals surface area contributed by atoms with Crippen LogP contribution in [0.15, 0.2) is 30.3 Å². The van der Waals surface area contributed by atoms with Crippen LogP contribution in [0.25, 0.3) is 0 Å². The van der Waals surface area contributed by atoms with Crippen LogP contribution < -0.4 is 4.74 Å². The lowest BCUT2D eigenvalue weighted by molar-refractivity contribution is -0.385. The molecule has 0 fully saturated rings. The SMILES string of the molecule is N#Cc1cc(Cl)nc(Oc2ccc([N+](=O)[O-])cc2F)c1. The van der Waals surface area contributed by atoms with Crippen LogP contribution in [0, 0.1) is 27.3 Å². The summed E-state index contributed by atoms with van der Waals surface area (Å²) in [6.07, 6.45) is 0. The van der Waals surface area contributed by atoms with Crippen molar-refractivity contribution in [3.8, 4) is 17.7 Å². The van der Waals surface area contributed by atoms with Gasteiger partial charge in [-0.15, -0.1) is 0 Å². The lowest BCUT2D eigenvalue weighted by Crippen LogP contribution is -1.94. The smallest absolute Gasteiger partial charge is 0.272 e. The number of halogens is 2. The van der Waals surface area contributed by atoms with Crippen LogP contribution in [0.3, 0.4) is 0 Å². The van der Waals surface area contributed by atoms with Gasteiger partial charge < -0.3 is 4.74 Å². The van der Waals surface area contributed by atoms with Crippen molar-refractivity contribution in [1.29, 1.82) is 5.26 Å². The molecule has 20 heavy (non-hydrogen) atoms. The summed E-state index contributed by atoms with van der Waals surface area (Å²) in [6, 6.07) is 7.35. The van der Waals surface area contributed by atoms with E-state index in [1.165, 1.54) is 12.1 Å². The number of nitriles is 1. The van der Waals surface area contributed by atoms with Crippen molar-refractivity contribution in [3.63, 3.8) is 0 Å². The molecule has 0 atom stereocenters. The maximum atomic E-state index is 13.6. The van der Waals surface area contributed by atoms with Crippen LogP contribution in [0.1, 0.15) is 5.56 Å². The molecular weight excluding hydrogens is 289 g/mol. The van der Waals surface area contributed by atoms with Crippen LogP contribution in [0.4, 0.5) is 10.1 Å². The Balaban J connectivity index is 2.33. The van der Waals surface area contributed by atoms with Gasteiger partial charge in [0, 0.05) is 12.1 Å². The second-order valence-corrected chi connectivity index (χ2v) is 3.99. The van der Waals surface area contributed by atoms with Crippen molar-refractivity contribution in [3.05, 3.63) is 57.0 Å². The molecule has 0 saturated heterocycles. The van der Waals surface area contributed by atoms with Gasteiger partial charge in [0.15, 0.2) is 11.6 Å². The van der Waals surface area contributed by atoms with Crippen LogP contribution in [-0.2, 0) is 0 Å². The number of nitrogens with zero attached hydrogens (tertiary/aromatic N) is 3. The van der Waals surface area contributed by atoms with Gasteiger partial charge in [-0.25, -0.2) is 9.37 Å². The molecule has 0 aliphatic carbocycles. The Morgan fingerprint density at radius 1 is 1.40 bits per heavy atom. The van der Waals surface area contributed by atoms with E-state index in [9.17, 15) is 14.5 Å². The Bertz CT molecular complexity index is 730. The van der Waals surface area contributed by atoms with Gasteiger partial charge in [-0.2, -0.15) is 5.26 Å². The van der Waals surface area contributed by atoms with Gasteiger partial charge >= 0.3 is 0 Å². The molecule has 1 aromatic heterocycles. The lowest BCUT2D eigenvalue weighted by Gasteiger charge is -2.06. The fraction of sp³-hybridized carbons (Fsp3) is 0. The van der Waals surface area contributed by atoms with Gasteiger partial charge in [0.05, 0.1) is 22.6 Å². The second-order valence-electron chi connectivity index (χ2n) is 3.60. The third kappa shape index (κ3) is 2.99. The minimum atomic E-state index is -0.917. The van der Waals surface area contributed by atoms with Gasteiger partial charge in [-0.3, -0.25) is 10.1 Å². The Kier molecular flexibility index (Phi) is 3.77. The Labute approximate surface area is 117 Å². The van der Waals surface area contributed by atoms with Crippen LogP contribution in [0.2, 0.25) is 5.15 Å². The normalized spacial score (nSPS) is 9.85. The number of ether oxygens (including phenoxy) is 1. The van der Waals surface area contributed by atoms with Gasteiger partial charge in [0.25, 0.3) is 5.69 Å². The summed E-state index contributed by atoms with van der Waals surface area (Å²) in [7, 11) is 0. The standard InChI is InChI=1S/C12H5ClFN3O3/c13-11-3-7(6-15)4-12(16-11)20-10-2-1-8(17(18)19)5-9(10)14/h1-5H. The maximum Gasteiger partial charge on any atom is 0.272 e. The van der Waals surface area contributed by atoms with Crippen molar-refractivity contribution in [2.45, 2.75) is 0 Å². The first-order chi connectivity index (χ1) is 9.49. The van der Waals surface area contributed by atoms with Gasteiger partial charge in [-0.05, 0) is 12.1 Å². The van der Waals surface area contributed by atoms with E-state index in [-0.39, 0.29) is 22.3 Å². The highest BCUT2D eigenvalue weighted by Gasteiger charge is 2.13. The van der Waals surface area contributed by atoms with Crippen molar-refractivity contribution in [1.82, 2.24) is 4.98 Å². The third-order valence-corrected chi connectivity index (χ3v) is 2.43. The Morgan fingerprint density at radius 3 is 2.75 bits per heavy atom. The number of rotatable bonds is 3. The van der Waals surface area contributed by atoms with Crippen molar-refractivity contribution in [2.75, 3.05) is 0 Å². The topological polar surface area (TPSA) is 89.0 Å². The van der Waals surface area contributed by atoms with E-state index in [1.54, 1.807) is 0 Å². The first kappa shape index (κ1) is 13.7. The second kappa shape index (κ2) is 5.50. The molecule has 0 N–H and O–H groups in total. The van der Waals surface area contributed by atoms with Crippen molar-refractivity contribution < 1.29 is 14.1 Å². The van der Waals surface area contributed by atoms with E-state index in [0.29, 0.717) is 0 Å². The first-order valence-corrected chi connectivity index (χ1v) is 5.57. The largest absolute Gasteiger partial charge is 0.436 e. The molecule has 1 heterocycles. The summed E-state index contributed by atoms with van der Waals surface area (Å²) in [4.78, 5) is 13.5. The summed E-state index contributed by atoms with van der Waals surface area (Å²) < 4.78 is 18.7. The highest BCUT2D eigenvalue weighted by Crippen LogP contribution is 2.27. The van der Waals surface area contributed by atoms with E-state index in [1.807, 2.05) is 6.07 Å². The van der Waals surface area contributed by atoms with E-state index in [0.717, 1.165) is 18.2 Å². The quantitative estimate of drug-likeness (QED) is 0.491. The molecule has 2 rings (SSSR count). The molecular formula is C12H5ClFN3O3. The predicted octanol–water partition coefficient (Wildman–Crippen LogP) is 3.45. The molecule has 6 nitrogen and oxygen atoms in total. The molecule has 100 valence electrons. The minimum absolute atomic E-state index is 0.0152. The minimum Gasteiger partial charge on any atom is -0.436 e. The fourth-order valence-electron chi connectivity index (χ4n) is 1.39. The molecule has 0 amide bonds. The summed E-state index contributed by atoms with van der Waals surface area (Å²) in [5, 5.41) is 19.3. The van der Waals surface area contributed by atoms with E-state index in [4.69, 9.17) is 21.6 Å². The highest BCUT2D eigenvalue weighted by atomic mass is 35.5. The molecule has 2 aromatic rings. The average molecular weight is 294 g/mol. The molecule has 0 unspecified atom stereocenters. The zero-order valence-corrected chi connectivity index (χ0v) is 10.5. The van der Waals surface area contributed by atoms with Crippen LogP contribution in [-0.4, -0.2) is 9.91 Å². The number of aromatic nitrogens is 1. The molecule has 8 heteroatoms. The number of hydrogen-bond acceptors (Lipinski definition) is 5. The number of nitro groups is 1. The van der Waals surface area contributed by atoms with E-state index >= 15 is 0 Å². The van der Waals surface area contributed by atoms with Gasteiger partial charge in [0.1, 0.15) is 5.15 Å². The molecule has 0 saturated carbocycles. The molecule has 0 spiro atoms. The van der Waals surface area contributed by atoms with Crippen molar-refractivity contribution in [2.24, 2.45) is 0 Å². The Hall–Kier alpha value is -2.72. The van der Waals surface area contributed by atoms with E-state index in [2.05, 4.69) is 4.98 Å². The summed E-state index contributed by atoms with van der Waals surface area (Å²) in [5.74, 6) is -1.25. The predicted molar refractivity (Wildman–Crippen MR) is 67.1 cm³/mol. The highest BCUT2D eigenvalue weighted by molar-refractivity contribution is 6.29. The number of benzene rings is 1. The zero-order chi connectivity index (χ0) is 14.7. The van der Waals surface area contributed by atoms with Crippen molar-refractivity contribution >= 4 is 17.3 Å². The maximum absolute atomic E-state index is 13.6. The van der Waals surface area contributed by atoms with Gasteiger partial charge in [0.2, 0.25) is 5.88 Å². The first-order valence-electron chi connectivity index (χ1n) is 5.19. The lowest BCUT2D eigenvalue weighted by atomic mass is 10.3. The Morgan fingerprint density at radius 2 is 2.15 bits per heavy atom. The molecule has 0 aliphatic rings. The molecule has 0 radical (unpaired) electrons. The monoisotopic (exact) mass is 293 g/mol. The third-order valence-electron chi connectivity index (χ3n) is 2.24. The molecule has 0 aliphatic heterocycles. The molecule has 0 bridgehead atoms. The van der Waals surface area contributed by atoms with Crippen LogP contribution >= 0.6 is 11.6 Å².